The molecule has 0 radical (unpaired) electrons. The lowest BCUT2D eigenvalue weighted by Gasteiger charge is -2.36. The first kappa shape index (κ1) is 21.0. The normalized spacial score (nSPS) is 22.2. The Hall–Kier alpha value is -2.28. The van der Waals surface area contributed by atoms with Crippen molar-refractivity contribution in [3.63, 3.8) is 0 Å². The molecule has 7 heteroatoms. The molecule has 1 saturated carbocycles. The van der Waals surface area contributed by atoms with Gasteiger partial charge in [0.1, 0.15) is 17.4 Å². The summed E-state index contributed by atoms with van der Waals surface area (Å²) in [5.41, 5.74) is 0.164. The Morgan fingerprint density at radius 1 is 1.15 bits per heavy atom. The number of hydrogen-bond acceptors (Lipinski definition) is 7. The van der Waals surface area contributed by atoms with Gasteiger partial charge in [-0.3, -0.25) is 4.89 Å². The van der Waals surface area contributed by atoms with E-state index in [4.69, 9.17) is 9.47 Å². The monoisotopic (exact) mass is 380 g/mol. The molecule has 3 unspecified atom stereocenters. The zero-order chi connectivity index (χ0) is 19.8. The van der Waals surface area contributed by atoms with Crippen molar-refractivity contribution in [1.29, 1.82) is 0 Å². The number of para-hydroxylation sites is 1. The van der Waals surface area contributed by atoms with E-state index in [2.05, 4.69) is 35.6 Å². The smallest absolute Gasteiger partial charge is 0.493 e. The summed E-state index contributed by atoms with van der Waals surface area (Å²) in [5, 5.41) is 4.33. The van der Waals surface area contributed by atoms with Crippen LogP contribution >= 0.6 is 0 Å². The molecule has 0 spiro atoms. The number of hydrogen-bond donors (Lipinski definition) is 0. The van der Waals surface area contributed by atoms with Crippen LogP contribution < -0.4 is 4.74 Å². The van der Waals surface area contributed by atoms with Crippen molar-refractivity contribution in [3.05, 3.63) is 29.8 Å². The van der Waals surface area contributed by atoms with Crippen LogP contribution in [-0.4, -0.2) is 24.8 Å². The van der Waals surface area contributed by atoms with Gasteiger partial charge in [0.2, 0.25) is 0 Å². The summed E-state index contributed by atoms with van der Waals surface area (Å²) in [4.78, 5) is 32.9. The molecule has 27 heavy (non-hydrogen) atoms. The fourth-order valence-corrected chi connectivity index (χ4v) is 3.43. The Labute approximate surface area is 159 Å². The second-order valence-electron chi connectivity index (χ2n) is 7.18. The van der Waals surface area contributed by atoms with Gasteiger partial charge in [0.05, 0.1) is 11.6 Å². The van der Waals surface area contributed by atoms with Crippen molar-refractivity contribution in [1.82, 2.24) is 0 Å². The van der Waals surface area contributed by atoms with Crippen molar-refractivity contribution in [2.45, 2.75) is 53.1 Å². The van der Waals surface area contributed by atoms with Crippen molar-refractivity contribution < 1.29 is 33.9 Å². The fraction of sp³-hybridized carbons (Fsp3) is 0.600. The Morgan fingerprint density at radius 3 is 2.59 bits per heavy atom. The summed E-state index contributed by atoms with van der Waals surface area (Å²) in [6.45, 7) is 8.54. The van der Waals surface area contributed by atoms with Crippen molar-refractivity contribution in [2.75, 3.05) is 6.61 Å². The van der Waals surface area contributed by atoms with E-state index in [9.17, 15) is 9.59 Å². The highest BCUT2D eigenvalue weighted by Gasteiger charge is 2.34. The Morgan fingerprint density at radius 2 is 1.89 bits per heavy atom. The quantitative estimate of drug-likeness (QED) is 0.385. The zero-order valence-corrected chi connectivity index (χ0v) is 16.3. The van der Waals surface area contributed by atoms with Crippen LogP contribution in [-0.2, 0) is 19.6 Å². The van der Waals surface area contributed by atoms with Gasteiger partial charge >= 0.3 is 12.1 Å². The van der Waals surface area contributed by atoms with Gasteiger partial charge in [-0.2, -0.15) is 0 Å². The number of ether oxygens (including phenoxy) is 2. The number of carbonyl (C=O) groups excluding carboxylic acids is 2. The molecule has 1 aromatic carbocycles. The highest BCUT2D eigenvalue weighted by Crippen LogP contribution is 2.35. The minimum absolute atomic E-state index is 0.164. The maximum atomic E-state index is 12.0. The molecule has 7 nitrogen and oxygen atoms in total. The summed E-state index contributed by atoms with van der Waals surface area (Å²) in [6, 6.07) is 6.54. The average molecular weight is 380 g/mol. The second kappa shape index (κ2) is 10.2. The van der Waals surface area contributed by atoms with Crippen LogP contribution in [0.4, 0.5) is 4.79 Å². The second-order valence-corrected chi connectivity index (χ2v) is 7.18. The average Bonchev–Trinajstić information content (AvgIpc) is 2.62. The number of carbonyl (C=O) groups is 2. The lowest BCUT2D eigenvalue weighted by atomic mass is 9.75. The van der Waals surface area contributed by atoms with Crippen LogP contribution in [0.1, 0.15) is 57.3 Å². The molecule has 150 valence electrons. The van der Waals surface area contributed by atoms with Gasteiger partial charge in [0.25, 0.3) is 0 Å². The summed E-state index contributed by atoms with van der Waals surface area (Å²) < 4.78 is 10.7. The molecule has 1 aromatic rings. The molecule has 1 fully saturated rings. The zero-order valence-electron chi connectivity index (χ0n) is 16.3. The van der Waals surface area contributed by atoms with E-state index in [1.807, 2.05) is 0 Å². The van der Waals surface area contributed by atoms with E-state index >= 15 is 0 Å². The number of rotatable bonds is 7. The molecule has 2 rings (SSSR count). The van der Waals surface area contributed by atoms with Gasteiger partial charge in [-0.1, -0.05) is 39.3 Å². The summed E-state index contributed by atoms with van der Waals surface area (Å²) in [5.74, 6) is 0.662. The molecule has 0 saturated heterocycles. The van der Waals surface area contributed by atoms with Crippen molar-refractivity contribution >= 4 is 12.1 Å². The lowest BCUT2D eigenvalue weighted by Crippen LogP contribution is -2.36. The predicted octanol–water partition coefficient (Wildman–Crippen LogP) is 4.70. The minimum Gasteiger partial charge on any atom is -0.493 e. The first-order chi connectivity index (χ1) is 12.9. The van der Waals surface area contributed by atoms with Crippen LogP contribution in [0.3, 0.4) is 0 Å². The third kappa shape index (κ3) is 6.13. The van der Waals surface area contributed by atoms with Gasteiger partial charge in [-0.25, -0.2) is 14.5 Å². The van der Waals surface area contributed by atoms with Gasteiger partial charge in [-0.05, 0) is 49.7 Å². The van der Waals surface area contributed by atoms with Gasteiger partial charge in [0, 0.05) is 0 Å². The highest BCUT2D eigenvalue weighted by atomic mass is 17.5. The van der Waals surface area contributed by atoms with E-state index in [-0.39, 0.29) is 17.6 Å². The molecule has 0 aromatic heterocycles. The summed E-state index contributed by atoms with van der Waals surface area (Å²) in [6.07, 6.45) is 1.63. The molecular weight excluding hydrogens is 352 g/mol. The van der Waals surface area contributed by atoms with Crippen LogP contribution in [0.2, 0.25) is 0 Å². The van der Waals surface area contributed by atoms with Gasteiger partial charge in [0.15, 0.2) is 0 Å². The third-order valence-corrected chi connectivity index (χ3v) is 4.83. The van der Waals surface area contributed by atoms with Gasteiger partial charge < -0.3 is 9.47 Å². The summed E-state index contributed by atoms with van der Waals surface area (Å²) in [7, 11) is 0. The van der Waals surface area contributed by atoms with Crippen molar-refractivity contribution in [2.24, 2.45) is 17.8 Å². The Kier molecular flexibility index (Phi) is 7.91. The van der Waals surface area contributed by atoms with Crippen molar-refractivity contribution in [3.8, 4) is 5.75 Å². The fourth-order valence-electron chi connectivity index (χ4n) is 3.43. The molecule has 0 aliphatic heterocycles. The van der Waals surface area contributed by atoms with Crippen LogP contribution in [0.15, 0.2) is 24.3 Å². The molecule has 3 atom stereocenters. The predicted molar refractivity (Wildman–Crippen MR) is 96.8 cm³/mol. The molecule has 0 heterocycles. The maximum Gasteiger partial charge on any atom is 0.543 e. The molecule has 1 aliphatic carbocycles. The maximum absolute atomic E-state index is 12.0. The molecule has 0 N–H and O–H groups in total. The van der Waals surface area contributed by atoms with Crippen LogP contribution in [0.5, 0.6) is 5.75 Å². The molecular formula is C20H28O7. The summed E-state index contributed by atoms with van der Waals surface area (Å²) >= 11 is 0. The van der Waals surface area contributed by atoms with E-state index in [1.54, 1.807) is 25.1 Å². The molecule has 1 aliphatic rings. The van der Waals surface area contributed by atoms with Crippen LogP contribution in [0, 0.1) is 17.8 Å². The topological polar surface area (TPSA) is 80.3 Å². The van der Waals surface area contributed by atoms with E-state index < -0.39 is 12.1 Å². The van der Waals surface area contributed by atoms with E-state index in [1.165, 1.54) is 6.07 Å². The first-order valence-corrected chi connectivity index (χ1v) is 9.40. The highest BCUT2D eigenvalue weighted by molar-refractivity contribution is 5.92. The molecule has 0 amide bonds. The number of benzene rings is 1. The molecule has 0 bridgehead atoms. The van der Waals surface area contributed by atoms with Gasteiger partial charge in [-0.15, -0.1) is 0 Å². The van der Waals surface area contributed by atoms with E-state index in [0.29, 0.717) is 24.2 Å². The largest absolute Gasteiger partial charge is 0.543 e. The van der Waals surface area contributed by atoms with Crippen LogP contribution in [0.25, 0.3) is 0 Å². The minimum atomic E-state index is -1.02. The Bertz CT molecular complexity index is 629. The van der Waals surface area contributed by atoms with E-state index in [0.717, 1.165) is 19.3 Å². The first-order valence-electron chi connectivity index (χ1n) is 9.40. The lowest BCUT2D eigenvalue weighted by molar-refractivity contribution is -0.453. The Balaban J connectivity index is 1.82. The third-order valence-electron chi connectivity index (χ3n) is 4.83. The standard InChI is InChI=1S/C20H28O7/c1-5-23-17-9-7-6-8-16(17)19(21)25-27-26-20(22)24-18-12-14(4)10-11-15(18)13(2)3/h6-9,13-15,18H,5,10-12H2,1-4H3. The SMILES string of the molecule is CCOc1ccccc1C(=O)OOOC(=O)OC1CC(C)CCC1C(C)C.